The van der Waals surface area contributed by atoms with Gasteiger partial charge in [-0.05, 0) is 75.6 Å². The summed E-state index contributed by atoms with van der Waals surface area (Å²) in [7, 11) is -8.79. The Bertz CT molecular complexity index is 2080. The SMILES string of the molecule is CC[N+]1=C(/C=C/C=C/C=C2/N(CCCCCC(=O)ONC(=O)CCC=O)c3ccc(S(=O)(=O)O)cc3C2(C)C)C(C)(C)c2cc(S(=O)(=O)O)ccc21. The third-order valence-electron chi connectivity index (χ3n) is 9.40. The molecule has 2 aromatic carbocycles. The molecule has 0 bridgehead atoms. The van der Waals surface area contributed by atoms with Crippen molar-refractivity contribution in [1.29, 1.82) is 0 Å². The van der Waals surface area contributed by atoms with Crippen LogP contribution in [0.4, 0.5) is 11.4 Å². The molecule has 0 radical (unpaired) electrons. The number of nitrogens with zero attached hydrogens (tertiary/aromatic N) is 2. The lowest BCUT2D eigenvalue weighted by atomic mass is 9.81. The van der Waals surface area contributed by atoms with E-state index in [0.717, 1.165) is 33.9 Å². The van der Waals surface area contributed by atoms with Crippen molar-refractivity contribution >= 4 is 55.5 Å². The number of amides is 1. The van der Waals surface area contributed by atoms with Crippen LogP contribution in [0.2, 0.25) is 0 Å². The molecule has 4 rings (SSSR count). The van der Waals surface area contributed by atoms with Crippen molar-refractivity contribution in [2.75, 3.05) is 18.0 Å². The second-order valence-electron chi connectivity index (χ2n) is 13.7. The lowest BCUT2D eigenvalue weighted by Crippen LogP contribution is -2.27. The molecule has 0 fully saturated rings. The van der Waals surface area contributed by atoms with E-state index >= 15 is 0 Å². The average Bonchev–Trinajstić information content (AvgIpc) is 3.42. The molecule has 2 aliphatic rings. The molecule has 0 unspecified atom stereocenters. The second kappa shape index (κ2) is 16.1. The fraction of sp³-hybridized carbons (Fsp3) is 0.405. The Hall–Kier alpha value is -4.44. The van der Waals surface area contributed by atoms with Crippen molar-refractivity contribution in [2.24, 2.45) is 0 Å². The topological polar surface area (TPSA) is 187 Å². The van der Waals surface area contributed by atoms with Crippen LogP contribution in [0, 0.1) is 0 Å². The maximum Gasteiger partial charge on any atom is 0.332 e. The van der Waals surface area contributed by atoms with Crippen molar-refractivity contribution in [3.8, 4) is 0 Å². The molecule has 0 spiro atoms. The van der Waals surface area contributed by atoms with Gasteiger partial charge in [-0.2, -0.15) is 26.9 Å². The summed E-state index contributed by atoms with van der Waals surface area (Å²) in [5.74, 6) is -1.14. The largest absolute Gasteiger partial charge is 0.344 e. The molecule has 15 heteroatoms. The fourth-order valence-corrected chi connectivity index (χ4v) is 7.70. The van der Waals surface area contributed by atoms with E-state index in [1.807, 2.05) is 70.5 Å². The zero-order chi connectivity index (χ0) is 38.5. The molecule has 0 saturated carbocycles. The molecule has 2 aromatic rings. The fourth-order valence-electron chi connectivity index (χ4n) is 6.69. The van der Waals surface area contributed by atoms with Gasteiger partial charge >= 0.3 is 5.97 Å². The third kappa shape index (κ3) is 8.95. The molecule has 2 heterocycles. The Morgan fingerprint density at radius 3 is 2.15 bits per heavy atom. The van der Waals surface area contributed by atoms with Crippen LogP contribution < -0.4 is 10.4 Å². The first kappa shape index (κ1) is 40.3. The van der Waals surface area contributed by atoms with Crippen LogP contribution in [0.15, 0.2) is 82.3 Å². The van der Waals surface area contributed by atoms with Gasteiger partial charge in [-0.25, -0.2) is 4.79 Å². The predicted octanol–water partition coefficient (Wildman–Crippen LogP) is 5.48. The summed E-state index contributed by atoms with van der Waals surface area (Å²) in [6, 6.07) is 9.16. The van der Waals surface area contributed by atoms with Crippen molar-refractivity contribution in [3.05, 3.63) is 83.6 Å². The number of hydrogen-bond acceptors (Lipinski definition) is 9. The first-order valence-corrected chi connectivity index (χ1v) is 19.9. The van der Waals surface area contributed by atoms with Gasteiger partial charge in [0.1, 0.15) is 12.8 Å². The highest BCUT2D eigenvalue weighted by atomic mass is 32.2. The molecule has 0 aliphatic carbocycles. The molecule has 13 nitrogen and oxygen atoms in total. The van der Waals surface area contributed by atoms with E-state index in [0.29, 0.717) is 38.6 Å². The van der Waals surface area contributed by atoms with Crippen molar-refractivity contribution in [3.63, 3.8) is 0 Å². The molecule has 280 valence electrons. The number of hydrogen-bond donors (Lipinski definition) is 3. The van der Waals surface area contributed by atoms with Crippen LogP contribution >= 0.6 is 0 Å². The molecule has 2 aliphatic heterocycles. The van der Waals surface area contributed by atoms with E-state index in [-0.39, 0.29) is 29.1 Å². The number of allylic oxidation sites excluding steroid dienone is 6. The van der Waals surface area contributed by atoms with Gasteiger partial charge < -0.3 is 14.5 Å². The minimum atomic E-state index is -4.43. The first-order chi connectivity index (χ1) is 24.3. The third-order valence-corrected chi connectivity index (χ3v) is 11.1. The van der Waals surface area contributed by atoms with E-state index in [1.165, 1.54) is 24.3 Å². The summed E-state index contributed by atoms with van der Waals surface area (Å²) in [5.41, 5.74) is 5.89. The number of nitrogens with one attached hydrogen (secondary N) is 1. The number of rotatable bonds is 15. The van der Waals surface area contributed by atoms with E-state index < -0.39 is 42.9 Å². The highest BCUT2D eigenvalue weighted by Crippen LogP contribution is 2.48. The van der Waals surface area contributed by atoms with E-state index in [2.05, 4.69) is 9.48 Å². The Balaban J connectivity index is 1.52. The van der Waals surface area contributed by atoms with Crippen molar-refractivity contribution in [1.82, 2.24) is 5.48 Å². The Labute approximate surface area is 305 Å². The highest BCUT2D eigenvalue weighted by molar-refractivity contribution is 7.86. The number of carbonyl (C=O) groups excluding carboxylic acids is 3. The lowest BCUT2D eigenvalue weighted by molar-refractivity contribution is -0.433. The summed E-state index contributed by atoms with van der Waals surface area (Å²) >= 11 is 0. The van der Waals surface area contributed by atoms with Gasteiger partial charge in [0.25, 0.3) is 26.1 Å². The van der Waals surface area contributed by atoms with Crippen LogP contribution in [0.1, 0.15) is 84.3 Å². The summed E-state index contributed by atoms with van der Waals surface area (Å²) in [5, 5.41) is 0. The number of fused-ring (bicyclic) bond motifs is 2. The maximum atomic E-state index is 12.0. The van der Waals surface area contributed by atoms with Gasteiger partial charge in [-0.3, -0.25) is 13.9 Å². The minimum absolute atomic E-state index is 0.0371. The molecule has 3 N–H and O–H groups in total. The Morgan fingerprint density at radius 2 is 1.52 bits per heavy atom. The summed E-state index contributed by atoms with van der Waals surface area (Å²) < 4.78 is 69.2. The Morgan fingerprint density at radius 1 is 0.865 bits per heavy atom. The molecule has 0 saturated heterocycles. The molecule has 0 aromatic heterocycles. The summed E-state index contributed by atoms with van der Waals surface area (Å²) in [6.07, 6.45) is 12.1. The van der Waals surface area contributed by atoms with E-state index in [1.54, 1.807) is 12.1 Å². The minimum Gasteiger partial charge on any atom is -0.344 e. The van der Waals surface area contributed by atoms with Gasteiger partial charge in [-0.1, -0.05) is 38.5 Å². The quantitative estimate of drug-likeness (QED) is 0.0521. The number of benzene rings is 2. The number of anilines is 1. The monoisotopic (exact) mass is 756 g/mol. The van der Waals surface area contributed by atoms with Gasteiger partial charge in [0.05, 0.1) is 15.2 Å². The van der Waals surface area contributed by atoms with Crippen LogP contribution in [0.5, 0.6) is 0 Å². The molecule has 0 atom stereocenters. The molecular weight excluding hydrogens is 711 g/mol. The second-order valence-corrected chi connectivity index (χ2v) is 16.5. The number of hydroxylamine groups is 1. The Kier molecular flexibility index (Phi) is 12.5. The van der Waals surface area contributed by atoms with E-state index in [9.17, 15) is 40.3 Å². The van der Waals surface area contributed by atoms with Crippen molar-refractivity contribution < 1.29 is 49.7 Å². The van der Waals surface area contributed by atoms with Gasteiger partial charge in [0.15, 0.2) is 5.71 Å². The predicted molar refractivity (Wildman–Crippen MR) is 196 cm³/mol. The normalized spacial score (nSPS) is 17.2. The highest BCUT2D eigenvalue weighted by Gasteiger charge is 2.44. The molecule has 1 amide bonds. The zero-order valence-electron chi connectivity index (χ0n) is 30.0. The standard InChI is InChI=1S/C37H45N3O10S2/c1-6-39-30-20-18-26(51(44,45)46)24-28(30)36(2,3)32(39)14-9-7-10-15-33-37(4,5)29-25-27(52(47,48)49)19-21-31(29)40(33)22-12-8-11-17-35(43)50-38-34(42)16-13-23-41/h7,9-10,14-15,18-21,23-25H,6,8,11-13,16-17,22H2,1-5H3,(H2-,38,42,44,45,46,47,48,49)/p+1. The van der Waals surface area contributed by atoms with Crippen LogP contribution in [0.3, 0.4) is 0 Å². The summed E-state index contributed by atoms with van der Waals surface area (Å²) in [4.78, 5) is 40.5. The lowest BCUT2D eigenvalue weighted by Gasteiger charge is -2.27. The zero-order valence-corrected chi connectivity index (χ0v) is 31.6. The van der Waals surface area contributed by atoms with Crippen LogP contribution in [-0.4, -0.2) is 67.5 Å². The number of carbonyl (C=O) groups is 3. The van der Waals surface area contributed by atoms with Crippen LogP contribution in [-0.2, 0) is 50.3 Å². The molecule has 52 heavy (non-hydrogen) atoms. The average molecular weight is 757 g/mol. The molecular formula is C37H46N3O10S2+. The number of unbranched alkanes of at least 4 members (excludes halogenated alkanes) is 2. The first-order valence-electron chi connectivity index (χ1n) is 17.0. The number of aldehydes is 1. The van der Waals surface area contributed by atoms with Gasteiger partial charge in [-0.15, -0.1) is 0 Å². The van der Waals surface area contributed by atoms with Crippen molar-refractivity contribution in [2.45, 2.75) is 93.8 Å². The smallest absolute Gasteiger partial charge is 0.332 e. The van der Waals surface area contributed by atoms with Crippen LogP contribution in [0.25, 0.3) is 0 Å². The van der Waals surface area contributed by atoms with E-state index in [4.69, 9.17) is 4.84 Å². The summed E-state index contributed by atoms with van der Waals surface area (Å²) in [6.45, 7) is 11.1. The van der Waals surface area contributed by atoms with Gasteiger partial charge in [0.2, 0.25) is 5.69 Å². The maximum absolute atomic E-state index is 12.0. The van der Waals surface area contributed by atoms with Gasteiger partial charge in [0, 0.05) is 60.3 Å².